The van der Waals surface area contributed by atoms with Crippen LogP contribution in [0.5, 0.6) is 0 Å². The molecule has 0 aromatic carbocycles. The first-order chi connectivity index (χ1) is 7.02. The smallest absolute Gasteiger partial charge is 0.332 e. The van der Waals surface area contributed by atoms with Crippen molar-refractivity contribution in [3.63, 3.8) is 0 Å². The van der Waals surface area contributed by atoms with Crippen LogP contribution in [0.25, 0.3) is 0 Å². The molecule has 2 atom stereocenters. The Kier molecular flexibility index (Phi) is 13.8. The number of urea groups is 1. The molecule has 0 saturated heterocycles. The van der Waals surface area contributed by atoms with Crippen molar-refractivity contribution >= 4 is 18.0 Å². The van der Waals surface area contributed by atoms with Gasteiger partial charge in [0, 0.05) is 0 Å². The van der Waals surface area contributed by atoms with E-state index in [2.05, 4.69) is 11.5 Å². The topological polar surface area (TPSA) is 184 Å². The minimum Gasteiger partial charge on any atom is -0.479 e. The van der Waals surface area contributed by atoms with Crippen LogP contribution in [0.3, 0.4) is 0 Å². The number of carboxylic acid groups (broad SMARTS) is 2. The monoisotopic (exact) mass is 240 g/mol. The lowest BCUT2D eigenvalue weighted by Crippen LogP contribution is -2.18. The second-order valence-corrected chi connectivity index (χ2v) is 2.43. The summed E-state index contributed by atoms with van der Waals surface area (Å²) in [6.45, 7) is 2.39. The Hall–Kier alpha value is -1.87. The van der Waals surface area contributed by atoms with Crippen LogP contribution >= 0.6 is 0 Å². The zero-order valence-electron chi connectivity index (χ0n) is 8.82. The fourth-order valence-corrected chi connectivity index (χ4v) is 0. The van der Waals surface area contributed by atoms with Crippen molar-refractivity contribution in [2.24, 2.45) is 11.5 Å². The summed E-state index contributed by atoms with van der Waals surface area (Å²) in [5.74, 6) is -2.37. The SMILES string of the molecule is CC(O)C(=O)O.C[C@H](O)C(=O)O.NC(N)=O. The Morgan fingerprint density at radius 1 is 0.875 bits per heavy atom. The number of aliphatic hydroxyl groups excluding tert-OH is 2. The molecule has 0 spiro atoms. The van der Waals surface area contributed by atoms with E-state index in [0.29, 0.717) is 0 Å². The van der Waals surface area contributed by atoms with Gasteiger partial charge in [0.05, 0.1) is 0 Å². The van der Waals surface area contributed by atoms with Gasteiger partial charge in [0.25, 0.3) is 0 Å². The fraction of sp³-hybridized carbons (Fsp3) is 0.571. The highest BCUT2D eigenvalue weighted by Gasteiger charge is 2.01. The molecule has 0 radical (unpaired) electrons. The molecular formula is C7H16N2O7. The largest absolute Gasteiger partial charge is 0.479 e. The molecule has 0 rings (SSSR count). The normalized spacial score (nSPS) is 11.8. The number of hydrogen-bond donors (Lipinski definition) is 6. The zero-order chi connectivity index (χ0) is 13.9. The number of carbonyl (C=O) groups is 3. The van der Waals surface area contributed by atoms with Crippen molar-refractivity contribution < 1.29 is 34.8 Å². The van der Waals surface area contributed by atoms with E-state index in [4.69, 9.17) is 25.2 Å². The number of primary amides is 2. The number of aliphatic carboxylic acids is 2. The highest BCUT2D eigenvalue weighted by atomic mass is 16.4. The Balaban J connectivity index is -0.000000162. The summed E-state index contributed by atoms with van der Waals surface area (Å²) in [6, 6.07) is -0.833. The minimum absolute atomic E-state index is 0.833. The van der Waals surface area contributed by atoms with E-state index in [1.54, 1.807) is 0 Å². The van der Waals surface area contributed by atoms with Gasteiger partial charge in [-0.1, -0.05) is 0 Å². The van der Waals surface area contributed by atoms with E-state index in [1.165, 1.54) is 13.8 Å². The predicted octanol–water partition coefficient (Wildman–Crippen LogP) is -2.07. The Morgan fingerprint density at radius 3 is 0.938 bits per heavy atom. The maximum atomic E-state index is 9.45. The van der Waals surface area contributed by atoms with Crippen LogP contribution < -0.4 is 11.5 Å². The van der Waals surface area contributed by atoms with Crippen molar-refractivity contribution in [2.45, 2.75) is 26.1 Å². The van der Waals surface area contributed by atoms with Gasteiger partial charge in [-0.25, -0.2) is 14.4 Å². The van der Waals surface area contributed by atoms with E-state index in [9.17, 15) is 9.59 Å². The number of nitrogens with two attached hydrogens (primary N) is 2. The molecule has 0 aliphatic heterocycles. The third-order valence-electron chi connectivity index (χ3n) is 0.715. The average molecular weight is 240 g/mol. The van der Waals surface area contributed by atoms with Gasteiger partial charge in [-0.15, -0.1) is 0 Å². The van der Waals surface area contributed by atoms with Gasteiger partial charge in [-0.05, 0) is 13.8 Å². The number of hydrogen-bond acceptors (Lipinski definition) is 5. The van der Waals surface area contributed by atoms with Gasteiger partial charge in [-0.3, -0.25) is 0 Å². The fourth-order valence-electron chi connectivity index (χ4n) is 0. The first kappa shape index (κ1) is 19.7. The number of rotatable bonds is 2. The highest BCUT2D eigenvalue weighted by Crippen LogP contribution is 1.73. The first-order valence-electron chi connectivity index (χ1n) is 3.89. The quantitative estimate of drug-likeness (QED) is 0.320. The van der Waals surface area contributed by atoms with Gasteiger partial charge in [0.15, 0.2) is 0 Å². The molecule has 0 saturated carbocycles. The Bertz CT molecular complexity index is 205. The van der Waals surface area contributed by atoms with Crippen molar-refractivity contribution in [3.8, 4) is 0 Å². The van der Waals surface area contributed by atoms with Crippen molar-refractivity contribution in [3.05, 3.63) is 0 Å². The molecule has 1 unspecified atom stereocenters. The average Bonchev–Trinajstić information content (AvgIpc) is 2.03. The number of aliphatic hydroxyl groups is 2. The molecule has 96 valence electrons. The molecule has 0 fully saturated rings. The lowest BCUT2D eigenvalue weighted by atomic mass is 10.4. The third-order valence-corrected chi connectivity index (χ3v) is 0.715. The molecule has 0 aliphatic carbocycles. The minimum atomic E-state index is -1.23. The second kappa shape index (κ2) is 11.2. The van der Waals surface area contributed by atoms with E-state index in [1.807, 2.05) is 0 Å². The van der Waals surface area contributed by atoms with E-state index in [-0.39, 0.29) is 0 Å². The molecule has 0 aromatic heterocycles. The van der Waals surface area contributed by atoms with Crippen molar-refractivity contribution in [1.82, 2.24) is 0 Å². The first-order valence-corrected chi connectivity index (χ1v) is 3.89. The summed E-state index contributed by atoms with van der Waals surface area (Å²) in [5.41, 5.74) is 8.50. The predicted molar refractivity (Wildman–Crippen MR) is 52.4 cm³/mol. The summed E-state index contributed by atoms with van der Waals surface area (Å²) in [7, 11) is 0. The molecule has 0 heterocycles. The molecule has 8 N–H and O–H groups in total. The van der Waals surface area contributed by atoms with Gasteiger partial charge in [0.2, 0.25) is 0 Å². The summed E-state index contributed by atoms with van der Waals surface area (Å²) in [5, 5.41) is 31.5. The summed E-state index contributed by atoms with van der Waals surface area (Å²) in [4.78, 5) is 27.9. The molecule has 9 nitrogen and oxygen atoms in total. The van der Waals surface area contributed by atoms with Gasteiger partial charge < -0.3 is 31.9 Å². The maximum absolute atomic E-state index is 9.45. The molecular weight excluding hydrogens is 224 g/mol. The van der Waals surface area contributed by atoms with Crippen LogP contribution in [0, 0.1) is 0 Å². The van der Waals surface area contributed by atoms with E-state index < -0.39 is 30.2 Å². The highest BCUT2D eigenvalue weighted by molar-refractivity contribution is 5.71. The molecule has 2 amide bonds. The zero-order valence-corrected chi connectivity index (χ0v) is 8.82. The lowest BCUT2D eigenvalue weighted by molar-refractivity contribution is -0.146. The number of carbonyl (C=O) groups excluding carboxylic acids is 1. The van der Waals surface area contributed by atoms with Crippen molar-refractivity contribution in [1.29, 1.82) is 0 Å². The summed E-state index contributed by atoms with van der Waals surface area (Å²) in [6.07, 6.45) is -2.46. The second-order valence-electron chi connectivity index (χ2n) is 2.43. The summed E-state index contributed by atoms with van der Waals surface area (Å²) >= 11 is 0. The van der Waals surface area contributed by atoms with E-state index >= 15 is 0 Å². The van der Waals surface area contributed by atoms with Gasteiger partial charge in [0.1, 0.15) is 12.2 Å². The van der Waals surface area contributed by atoms with Gasteiger partial charge >= 0.3 is 18.0 Å². The molecule has 16 heavy (non-hydrogen) atoms. The van der Waals surface area contributed by atoms with Crippen LogP contribution in [0.1, 0.15) is 13.8 Å². The molecule has 0 bridgehead atoms. The Labute approximate surface area is 91.3 Å². The van der Waals surface area contributed by atoms with Crippen LogP contribution in [0.2, 0.25) is 0 Å². The van der Waals surface area contributed by atoms with Crippen LogP contribution in [0.4, 0.5) is 4.79 Å². The van der Waals surface area contributed by atoms with Crippen molar-refractivity contribution in [2.75, 3.05) is 0 Å². The third kappa shape index (κ3) is 40.0. The van der Waals surface area contributed by atoms with Crippen LogP contribution in [-0.2, 0) is 9.59 Å². The summed E-state index contributed by atoms with van der Waals surface area (Å²) < 4.78 is 0. The Morgan fingerprint density at radius 2 is 0.938 bits per heavy atom. The molecule has 0 aliphatic rings. The number of carboxylic acids is 2. The molecule has 0 aromatic rings. The van der Waals surface area contributed by atoms with Crippen LogP contribution in [0.15, 0.2) is 0 Å². The van der Waals surface area contributed by atoms with Gasteiger partial charge in [-0.2, -0.15) is 0 Å². The van der Waals surface area contributed by atoms with E-state index in [0.717, 1.165) is 0 Å². The maximum Gasteiger partial charge on any atom is 0.332 e. The number of amides is 2. The standard InChI is InChI=1S/2C3H6O3.CH4N2O/c2*1-2(4)3(5)6;2-1(3)4/h2*2,4H,1H3,(H,5,6);(H4,2,3,4)/t2-;;/m0../s1. The van der Waals surface area contributed by atoms with Crippen LogP contribution in [-0.4, -0.2) is 50.6 Å². The molecule has 9 heteroatoms. The lowest BCUT2D eigenvalue weighted by Gasteiger charge is -1.89.